The van der Waals surface area contributed by atoms with Gasteiger partial charge in [0.05, 0.1) is 6.54 Å². The molecular formula is C19H28F2N2O2. The second-order valence-corrected chi connectivity index (χ2v) is 6.48. The molecule has 1 aliphatic carbocycles. The van der Waals surface area contributed by atoms with E-state index in [0.717, 1.165) is 12.1 Å². The lowest BCUT2D eigenvalue weighted by atomic mass is 9.94. The number of nitrogens with zero attached hydrogens (tertiary/aromatic N) is 1. The lowest BCUT2D eigenvalue weighted by Crippen LogP contribution is -2.44. The number of likely N-dealkylation sites (N-methyl/N-ethyl adjacent to an activating group) is 1. The number of halogens is 2. The van der Waals surface area contributed by atoms with Crippen LogP contribution in [0.3, 0.4) is 0 Å². The minimum atomic E-state index is -2.81. The molecule has 1 amide bonds. The summed E-state index contributed by atoms with van der Waals surface area (Å²) in [5.41, 5.74) is 0.974. The van der Waals surface area contributed by atoms with Crippen LogP contribution in [0, 0.1) is 0 Å². The van der Waals surface area contributed by atoms with Gasteiger partial charge in [0.25, 0.3) is 0 Å². The summed E-state index contributed by atoms with van der Waals surface area (Å²) >= 11 is 0. The average Bonchev–Trinajstić information content (AvgIpc) is 2.61. The Morgan fingerprint density at radius 1 is 1.24 bits per heavy atom. The second kappa shape index (κ2) is 10.3. The van der Waals surface area contributed by atoms with Gasteiger partial charge in [0.1, 0.15) is 5.75 Å². The smallest absolute Gasteiger partial charge is 0.387 e. The Hall–Kier alpha value is -1.69. The molecule has 0 bridgehead atoms. The Kier molecular flexibility index (Phi) is 8.12. The van der Waals surface area contributed by atoms with Gasteiger partial charge in [0, 0.05) is 12.6 Å². The minimum absolute atomic E-state index is 0.0464. The molecule has 1 fully saturated rings. The van der Waals surface area contributed by atoms with Crippen LogP contribution in [0.15, 0.2) is 24.3 Å². The zero-order valence-electron chi connectivity index (χ0n) is 14.8. The fraction of sp³-hybridized carbons (Fsp3) is 0.632. The Morgan fingerprint density at radius 2 is 1.92 bits per heavy atom. The number of benzene rings is 1. The molecule has 0 saturated heterocycles. The molecule has 0 aromatic heterocycles. The van der Waals surface area contributed by atoms with Gasteiger partial charge in [0.15, 0.2) is 0 Å². The first-order valence-corrected chi connectivity index (χ1v) is 9.13. The molecule has 1 N–H and O–H groups in total. The molecule has 0 aliphatic heterocycles. The number of ether oxygens (including phenoxy) is 1. The monoisotopic (exact) mass is 354 g/mol. The number of rotatable bonds is 9. The predicted molar refractivity (Wildman–Crippen MR) is 93.9 cm³/mol. The summed E-state index contributed by atoms with van der Waals surface area (Å²) in [7, 11) is 0. The zero-order chi connectivity index (χ0) is 18.1. The Labute approximate surface area is 148 Å². The van der Waals surface area contributed by atoms with Crippen LogP contribution < -0.4 is 10.1 Å². The van der Waals surface area contributed by atoms with Crippen molar-refractivity contribution in [2.75, 3.05) is 19.6 Å². The van der Waals surface area contributed by atoms with E-state index < -0.39 is 6.61 Å². The van der Waals surface area contributed by atoms with Gasteiger partial charge in [-0.1, -0.05) is 38.3 Å². The van der Waals surface area contributed by atoms with E-state index in [0.29, 0.717) is 25.6 Å². The van der Waals surface area contributed by atoms with Crippen molar-refractivity contribution in [3.05, 3.63) is 29.8 Å². The predicted octanol–water partition coefficient (Wildman–Crippen LogP) is 3.60. The van der Waals surface area contributed by atoms with Gasteiger partial charge >= 0.3 is 6.61 Å². The van der Waals surface area contributed by atoms with Gasteiger partial charge in [-0.05, 0) is 43.5 Å². The van der Waals surface area contributed by atoms with Crippen molar-refractivity contribution in [1.82, 2.24) is 10.2 Å². The molecule has 1 aromatic carbocycles. The van der Waals surface area contributed by atoms with Crippen molar-refractivity contribution in [2.24, 2.45) is 0 Å². The average molecular weight is 354 g/mol. The Bertz CT molecular complexity index is 517. The van der Waals surface area contributed by atoms with Crippen LogP contribution in [0.5, 0.6) is 5.75 Å². The third-order valence-electron chi connectivity index (χ3n) is 4.73. The molecule has 1 aliphatic rings. The summed E-state index contributed by atoms with van der Waals surface area (Å²) in [4.78, 5) is 14.4. The summed E-state index contributed by atoms with van der Waals surface area (Å²) in [5, 5.41) is 2.95. The molecule has 0 atom stereocenters. The summed E-state index contributed by atoms with van der Waals surface area (Å²) in [5.74, 6) is 0.193. The molecule has 0 spiro atoms. The molecule has 140 valence electrons. The van der Waals surface area contributed by atoms with Crippen LogP contribution in [0.4, 0.5) is 8.78 Å². The number of carbonyl (C=O) groups excluding carboxylic acids is 1. The molecule has 0 unspecified atom stereocenters. The quantitative estimate of drug-likeness (QED) is 0.737. The van der Waals surface area contributed by atoms with Crippen LogP contribution in [-0.4, -0.2) is 43.1 Å². The second-order valence-electron chi connectivity index (χ2n) is 6.48. The van der Waals surface area contributed by atoms with Crippen LogP contribution in [-0.2, 0) is 11.2 Å². The third-order valence-corrected chi connectivity index (χ3v) is 4.73. The molecule has 2 rings (SSSR count). The van der Waals surface area contributed by atoms with Crippen LogP contribution in [0.1, 0.15) is 44.6 Å². The summed E-state index contributed by atoms with van der Waals surface area (Å²) in [6.07, 6.45) is 6.86. The highest BCUT2D eigenvalue weighted by molar-refractivity contribution is 5.78. The topological polar surface area (TPSA) is 41.6 Å². The standard InChI is InChI=1S/C19H28F2N2O2/c1-2-23(16-6-4-3-5-7-16)14-18(24)22-13-12-15-8-10-17(11-9-15)25-19(20)21/h8-11,16,19H,2-7,12-14H2,1H3,(H,22,24). The van der Waals surface area contributed by atoms with E-state index in [1.807, 2.05) is 0 Å². The molecular weight excluding hydrogens is 326 g/mol. The van der Waals surface area contributed by atoms with Crippen LogP contribution in [0.2, 0.25) is 0 Å². The van der Waals surface area contributed by atoms with Gasteiger partial charge < -0.3 is 10.1 Å². The molecule has 1 saturated carbocycles. The Balaban J connectivity index is 1.70. The highest BCUT2D eigenvalue weighted by Gasteiger charge is 2.21. The number of hydrogen-bond acceptors (Lipinski definition) is 3. The summed E-state index contributed by atoms with van der Waals surface area (Å²) < 4.78 is 28.5. The van der Waals surface area contributed by atoms with Gasteiger partial charge in [-0.25, -0.2) is 0 Å². The molecule has 25 heavy (non-hydrogen) atoms. The number of amides is 1. The van der Waals surface area contributed by atoms with Crippen LogP contribution >= 0.6 is 0 Å². The molecule has 1 aromatic rings. The Morgan fingerprint density at radius 3 is 2.52 bits per heavy atom. The maximum Gasteiger partial charge on any atom is 0.387 e. The molecule has 6 heteroatoms. The first kappa shape index (κ1) is 19.6. The van der Waals surface area contributed by atoms with E-state index in [9.17, 15) is 13.6 Å². The SMILES string of the molecule is CCN(CC(=O)NCCc1ccc(OC(F)F)cc1)C1CCCCC1. The normalized spacial score (nSPS) is 15.6. The van der Waals surface area contributed by atoms with Crippen LogP contribution in [0.25, 0.3) is 0 Å². The first-order chi connectivity index (χ1) is 12.1. The third kappa shape index (κ3) is 6.98. The fourth-order valence-corrected chi connectivity index (χ4v) is 3.37. The maximum absolute atomic E-state index is 12.2. The molecule has 0 radical (unpaired) electrons. The summed E-state index contributed by atoms with van der Waals surface area (Å²) in [6.45, 7) is 1.17. The van der Waals surface area contributed by atoms with Crippen molar-refractivity contribution >= 4 is 5.91 Å². The van der Waals surface area contributed by atoms with Crippen molar-refractivity contribution < 1.29 is 18.3 Å². The lowest BCUT2D eigenvalue weighted by Gasteiger charge is -2.32. The van der Waals surface area contributed by atoms with Crippen molar-refractivity contribution in [3.63, 3.8) is 0 Å². The van der Waals surface area contributed by atoms with Gasteiger partial charge in [-0.15, -0.1) is 0 Å². The van der Waals surface area contributed by atoms with Gasteiger partial charge in [-0.2, -0.15) is 8.78 Å². The van der Waals surface area contributed by atoms with E-state index in [4.69, 9.17) is 0 Å². The fourth-order valence-electron chi connectivity index (χ4n) is 3.37. The van der Waals surface area contributed by atoms with Crippen molar-refractivity contribution in [1.29, 1.82) is 0 Å². The van der Waals surface area contributed by atoms with Crippen molar-refractivity contribution in [3.8, 4) is 5.75 Å². The summed E-state index contributed by atoms with van der Waals surface area (Å²) in [6, 6.07) is 7.05. The van der Waals surface area contributed by atoms with E-state index in [2.05, 4.69) is 21.9 Å². The van der Waals surface area contributed by atoms with E-state index in [1.54, 1.807) is 12.1 Å². The largest absolute Gasteiger partial charge is 0.435 e. The van der Waals surface area contributed by atoms with Gasteiger partial charge in [-0.3, -0.25) is 9.69 Å². The van der Waals surface area contributed by atoms with Crippen molar-refractivity contribution in [2.45, 2.75) is 58.1 Å². The lowest BCUT2D eigenvalue weighted by molar-refractivity contribution is -0.122. The minimum Gasteiger partial charge on any atom is -0.435 e. The van der Waals surface area contributed by atoms with E-state index in [-0.39, 0.29) is 11.7 Å². The van der Waals surface area contributed by atoms with Gasteiger partial charge in [0.2, 0.25) is 5.91 Å². The number of alkyl halides is 2. The zero-order valence-corrected chi connectivity index (χ0v) is 14.8. The number of carbonyl (C=O) groups is 1. The van der Waals surface area contributed by atoms with E-state index in [1.165, 1.54) is 44.2 Å². The number of nitrogens with one attached hydrogen (secondary N) is 1. The highest BCUT2D eigenvalue weighted by Crippen LogP contribution is 2.22. The highest BCUT2D eigenvalue weighted by atomic mass is 19.3. The first-order valence-electron chi connectivity index (χ1n) is 9.13. The maximum atomic E-state index is 12.2. The molecule has 4 nitrogen and oxygen atoms in total. The number of hydrogen-bond donors (Lipinski definition) is 1. The van der Waals surface area contributed by atoms with E-state index >= 15 is 0 Å². The molecule has 0 heterocycles.